The second-order valence-electron chi connectivity index (χ2n) is 8.06. The molecule has 0 radical (unpaired) electrons. The zero-order chi connectivity index (χ0) is 17.4. The molecule has 2 saturated heterocycles. The fraction of sp³-hybridized carbons (Fsp3) is 0.650. The topological polar surface area (TPSA) is 33.5 Å². The number of hydrogen-bond acceptors (Lipinski definition) is 4. The molecule has 1 aromatic carbocycles. The van der Waals surface area contributed by atoms with Gasteiger partial charge in [-0.1, -0.05) is 12.1 Å². The molecule has 2 aliphatic heterocycles. The normalized spacial score (nSPS) is 23.6. The first-order chi connectivity index (χ1) is 12.1. The molecule has 3 heterocycles. The number of aryl methyl sites for hydroxylation is 1. The number of ether oxygens (including phenoxy) is 1. The third-order valence-electron chi connectivity index (χ3n) is 5.94. The van der Waals surface area contributed by atoms with Gasteiger partial charge in [-0.15, -0.1) is 0 Å². The Morgan fingerprint density at radius 3 is 2.68 bits per heavy atom. The standard InChI is InChI=1S/C20H30N4O/c1-20(2,24-11-13-25-14-12-24)15-23-10-6-9-18(23)19-21-16-7-4-5-8-17(16)22(19)3/h4-5,7-8,18H,6,9-15H2,1-3H3/t18-/m1/s1. The van der Waals surface area contributed by atoms with Crippen LogP contribution in [0.1, 0.15) is 38.6 Å². The highest BCUT2D eigenvalue weighted by Crippen LogP contribution is 2.34. The Labute approximate surface area is 150 Å². The van der Waals surface area contributed by atoms with Gasteiger partial charge in [-0.25, -0.2) is 4.98 Å². The molecule has 0 aliphatic carbocycles. The number of morpholine rings is 1. The Balaban J connectivity index is 1.56. The molecule has 2 aliphatic rings. The molecule has 5 nitrogen and oxygen atoms in total. The Kier molecular flexibility index (Phi) is 4.56. The summed E-state index contributed by atoms with van der Waals surface area (Å²) in [5, 5.41) is 0. The van der Waals surface area contributed by atoms with E-state index in [0.29, 0.717) is 6.04 Å². The van der Waals surface area contributed by atoms with Gasteiger partial charge in [0, 0.05) is 32.2 Å². The molecule has 5 heteroatoms. The summed E-state index contributed by atoms with van der Waals surface area (Å²) in [6, 6.07) is 8.89. The lowest BCUT2D eigenvalue weighted by molar-refractivity contribution is -0.0234. The van der Waals surface area contributed by atoms with Crippen molar-refractivity contribution in [2.45, 2.75) is 38.3 Å². The number of benzene rings is 1. The van der Waals surface area contributed by atoms with Gasteiger partial charge >= 0.3 is 0 Å². The van der Waals surface area contributed by atoms with Crippen LogP contribution in [0.4, 0.5) is 0 Å². The molecule has 1 aromatic heterocycles. The molecule has 1 atom stereocenters. The number of fused-ring (bicyclic) bond motifs is 1. The number of aromatic nitrogens is 2. The highest BCUT2D eigenvalue weighted by molar-refractivity contribution is 5.75. The van der Waals surface area contributed by atoms with E-state index in [9.17, 15) is 0 Å². The average Bonchev–Trinajstić information content (AvgIpc) is 3.20. The summed E-state index contributed by atoms with van der Waals surface area (Å²) in [7, 11) is 2.16. The lowest BCUT2D eigenvalue weighted by Gasteiger charge is -2.43. The molecular weight excluding hydrogens is 312 g/mol. The maximum Gasteiger partial charge on any atom is 0.127 e. The van der Waals surface area contributed by atoms with Crippen LogP contribution in [0.15, 0.2) is 24.3 Å². The van der Waals surface area contributed by atoms with E-state index in [1.807, 2.05) is 0 Å². The van der Waals surface area contributed by atoms with Crippen LogP contribution in [0.5, 0.6) is 0 Å². The molecule has 2 aromatic rings. The quantitative estimate of drug-likeness (QED) is 0.855. The molecule has 2 fully saturated rings. The predicted octanol–water partition coefficient (Wildman–Crippen LogP) is 2.82. The molecule has 0 unspecified atom stereocenters. The first-order valence-electron chi connectivity index (χ1n) is 9.54. The number of para-hydroxylation sites is 2. The monoisotopic (exact) mass is 342 g/mol. The number of imidazole rings is 1. The van der Waals surface area contributed by atoms with Crippen molar-refractivity contribution in [1.82, 2.24) is 19.4 Å². The molecule has 0 bridgehead atoms. The highest BCUT2D eigenvalue weighted by Gasteiger charge is 2.36. The van der Waals surface area contributed by atoms with Crippen LogP contribution in [0.2, 0.25) is 0 Å². The van der Waals surface area contributed by atoms with Gasteiger partial charge in [-0.3, -0.25) is 9.80 Å². The summed E-state index contributed by atoms with van der Waals surface area (Å²) in [5.74, 6) is 1.22. The zero-order valence-electron chi connectivity index (χ0n) is 15.7. The number of nitrogens with zero attached hydrogens (tertiary/aromatic N) is 4. The van der Waals surface area contributed by atoms with Crippen LogP contribution in [0, 0.1) is 0 Å². The van der Waals surface area contributed by atoms with Crippen molar-refractivity contribution in [2.75, 3.05) is 39.4 Å². The summed E-state index contributed by atoms with van der Waals surface area (Å²) in [6.45, 7) is 10.8. The Morgan fingerprint density at radius 1 is 1.16 bits per heavy atom. The molecule has 4 rings (SSSR count). The summed E-state index contributed by atoms with van der Waals surface area (Å²) in [6.07, 6.45) is 2.46. The fourth-order valence-electron chi connectivity index (χ4n) is 4.54. The van der Waals surface area contributed by atoms with Gasteiger partial charge in [0.25, 0.3) is 0 Å². The van der Waals surface area contributed by atoms with Crippen molar-refractivity contribution in [3.8, 4) is 0 Å². The summed E-state index contributed by atoms with van der Waals surface area (Å²) >= 11 is 0. The van der Waals surface area contributed by atoms with Gasteiger partial charge < -0.3 is 9.30 Å². The van der Waals surface area contributed by atoms with E-state index in [1.54, 1.807) is 0 Å². The molecular formula is C20H30N4O. The Bertz CT molecular complexity index is 732. The van der Waals surface area contributed by atoms with Crippen LogP contribution in [0.25, 0.3) is 11.0 Å². The van der Waals surface area contributed by atoms with E-state index < -0.39 is 0 Å². The minimum atomic E-state index is 0.164. The van der Waals surface area contributed by atoms with Crippen molar-refractivity contribution in [3.63, 3.8) is 0 Å². The fourth-order valence-corrected chi connectivity index (χ4v) is 4.54. The van der Waals surface area contributed by atoms with Crippen molar-refractivity contribution in [3.05, 3.63) is 30.1 Å². The lowest BCUT2D eigenvalue weighted by atomic mass is 10.0. The van der Waals surface area contributed by atoms with Crippen molar-refractivity contribution < 1.29 is 4.74 Å². The zero-order valence-corrected chi connectivity index (χ0v) is 15.7. The van der Waals surface area contributed by atoms with Crippen molar-refractivity contribution >= 4 is 11.0 Å². The first kappa shape index (κ1) is 17.0. The molecule has 25 heavy (non-hydrogen) atoms. The van der Waals surface area contributed by atoms with Gasteiger partial charge in [0.05, 0.1) is 30.3 Å². The highest BCUT2D eigenvalue weighted by atomic mass is 16.5. The molecule has 0 N–H and O–H groups in total. The van der Waals surface area contributed by atoms with E-state index in [4.69, 9.17) is 9.72 Å². The van der Waals surface area contributed by atoms with E-state index >= 15 is 0 Å². The van der Waals surface area contributed by atoms with Crippen LogP contribution >= 0.6 is 0 Å². The van der Waals surface area contributed by atoms with Gasteiger partial charge in [0.1, 0.15) is 5.82 Å². The molecule has 136 valence electrons. The average molecular weight is 342 g/mol. The van der Waals surface area contributed by atoms with Crippen molar-refractivity contribution in [2.24, 2.45) is 7.05 Å². The van der Waals surface area contributed by atoms with E-state index in [2.05, 4.69) is 59.5 Å². The predicted molar refractivity (Wildman–Crippen MR) is 101 cm³/mol. The largest absolute Gasteiger partial charge is 0.379 e. The molecule has 0 amide bonds. The van der Waals surface area contributed by atoms with Crippen LogP contribution in [0.3, 0.4) is 0 Å². The third-order valence-corrected chi connectivity index (χ3v) is 5.94. The van der Waals surface area contributed by atoms with Crippen molar-refractivity contribution in [1.29, 1.82) is 0 Å². The lowest BCUT2D eigenvalue weighted by Crippen LogP contribution is -2.55. The van der Waals surface area contributed by atoms with Gasteiger partial charge in [0.2, 0.25) is 0 Å². The molecule has 0 spiro atoms. The SMILES string of the molecule is Cn1c([C@H]2CCCN2CC(C)(C)N2CCOCC2)nc2ccccc21. The summed E-state index contributed by atoms with van der Waals surface area (Å²) in [4.78, 5) is 10.2. The second-order valence-corrected chi connectivity index (χ2v) is 8.06. The maximum absolute atomic E-state index is 5.54. The summed E-state index contributed by atoms with van der Waals surface area (Å²) in [5.41, 5.74) is 2.51. The first-order valence-corrected chi connectivity index (χ1v) is 9.54. The Morgan fingerprint density at radius 2 is 1.92 bits per heavy atom. The number of hydrogen-bond donors (Lipinski definition) is 0. The van der Waals surface area contributed by atoms with Crippen LogP contribution in [-0.4, -0.2) is 64.3 Å². The molecule has 0 saturated carbocycles. The van der Waals surface area contributed by atoms with Gasteiger partial charge in [-0.2, -0.15) is 0 Å². The Hall–Kier alpha value is -1.43. The van der Waals surface area contributed by atoms with Crippen LogP contribution < -0.4 is 0 Å². The minimum absolute atomic E-state index is 0.164. The van der Waals surface area contributed by atoms with Gasteiger partial charge in [-0.05, 0) is 45.4 Å². The summed E-state index contributed by atoms with van der Waals surface area (Å²) < 4.78 is 7.83. The van der Waals surface area contributed by atoms with Crippen LogP contribution in [-0.2, 0) is 11.8 Å². The number of likely N-dealkylation sites (tertiary alicyclic amines) is 1. The smallest absolute Gasteiger partial charge is 0.127 e. The maximum atomic E-state index is 5.54. The second kappa shape index (κ2) is 6.71. The van der Waals surface area contributed by atoms with Gasteiger partial charge in [0.15, 0.2) is 0 Å². The third kappa shape index (κ3) is 3.21. The van der Waals surface area contributed by atoms with E-state index in [0.717, 1.165) is 38.4 Å². The van der Waals surface area contributed by atoms with E-state index in [1.165, 1.54) is 30.7 Å². The minimum Gasteiger partial charge on any atom is -0.379 e. The van der Waals surface area contributed by atoms with E-state index in [-0.39, 0.29) is 5.54 Å². The number of rotatable bonds is 4.